The van der Waals surface area contributed by atoms with Crippen molar-refractivity contribution in [2.45, 2.75) is 38.6 Å². The summed E-state index contributed by atoms with van der Waals surface area (Å²) in [5.41, 5.74) is 4.26. The van der Waals surface area contributed by atoms with Crippen LogP contribution in [-0.2, 0) is 27.2 Å². The number of likely N-dealkylation sites (tertiary alicyclic amines) is 1. The highest BCUT2D eigenvalue weighted by Crippen LogP contribution is 2.28. The molecule has 4 rings (SSSR count). The lowest BCUT2D eigenvalue weighted by atomic mass is 9.95. The van der Waals surface area contributed by atoms with E-state index < -0.39 is 17.9 Å². The van der Waals surface area contributed by atoms with Gasteiger partial charge >= 0.3 is 5.97 Å². The van der Waals surface area contributed by atoms with Gasteiger partial charge in [-0.25, -0.2) is 4.79 Å². The van der Waals surface area contributed by atoms with E-state index >= 15 is 0 Å². The number of halogens is 2. The predicted octanol–water partition coefficient (Wildman–Crippen LogP) is 5.57. The summed E-state index contributed by atoms with van der Waals surface area (Å²) in [5.74, 6) is -1.38. The first-order valence-electron chi connectivity index (χ1n) is 13.1. The Balaban J connectivity index is 1.36. The molecule has 2 N–H and O–H groups in total. The van der Waals surface area contributed by atoms with Gasteiger partial charge in [0.2, 0.25) is 11.8 Å². The fourth-order valence-electron chi connectivity index (χ4n) is 4.92. The van der Waals surface area contributed by atoms with Gasteiger partial charge in [-0.2, -0.15) is 0 Å². The van der Waals surface area contributed by atoms with Crippen LogP contribution in [0.3, 0.4) is 0 Å². The summed E-state index contributed by atoms with van der Waals surface area (Å²) in [7, 11) is 1.62. The van der Waals surface area contributed by atoms with E-state index in [1.54, 1.807) is 24.1 Å². The molecule has 3 aromatic carbocycles. The number of amides is 2. The number of rotatable bonds is 9. The number of carboxylic acid groups (broad SMARTS) is 1. The lowest BCUT2D eigenvalue weighted by Gasteiger charge is -2.33. The van der Waals surface area contributed by atoms with Crippen LogP contribution in [0.4, 0.5) is 0 Å². The molecule has 0 bridgehead atoms. The maximum Gasteiger partial charge on any atom is 0.326 e. The summed E-state index contributed by atoms with van der Waals surface area (Å²) in [6, 6.07) is 17.7. The van der Waals surface area contributed by atoms with Gasteiger partial charge in [0.05, 0.1) is 19.4 Å². The third-order valence-corrected chi connectivity index (χ3v) is 7.86. The average Bonchev–Trinajstić information content (AvgIpc) is 2.95. The average molecular weight is 584 g/mol. The normalized spacial score (nSPS) is 15.8. The van der Waals surface area contributed by atoms with Crippen molar-refractivity contribution in [2.75, 3.05) is 20.2 Å². The molecule has 0 aliphatic carbocycles. The minimum Gasteiger partial charge on any atom is -0.497 e. The third-order valence-electron chi connectivity index (χ3n) is 7.19. The second-order valence-corrected chi connectivity index (χ2v) is 10.9. The Bertz CT molecular complexity index is 1350. The number of hydrogen-bond donors (Lipinski definition) is 2. The Kier molecular flexibility index (Phi) is 9.71. The van der Waals surface area contributed by atoms with Gasteiger partial charge in [-0.05, 0) is 71.8 Å². The van der Waals surface area contributed by atoms with Crippen molar-refractivity contribution in [3.05, 3.63) is 87.4 Å². The molecular formula is C31H32Cl2N2O5. The Morgan fingerprint density at radius 3 is 2.20 bits per heavy atom. The smallest absolute Gasteiger partial charge is 0.326 e. The van der Waals surface area contributed by atoms with Crippen molar-refractivity contribution in [2.24, 2.45) is 5.92 Å². The number of carbonyl (C=O) groups is 3. The molecule has 2 atom stereocenters. The van der Waals surface area contributed by atoms with Gasteiger partial charge in [0.25, 0.3) is 0 Å². The predicted molar refractivity (Wildman–Crippen MR) is 156 cm³/mol. The standard InChI is InChI=1S/C31H32Cl2N2O5/c1-19-14-26(32)25(27(33)15-19)17-29(36)35-13-3-4-23(18-35)30(37)34-28(31(38)39)16-20-5-7-21(8-6-20)22-9-11-24(40-2)12-10-22/h5-12,14-15,23,28H,3-4,13,16-18H2,1-2H3,(H,34,37)(H,38,39)/t23?,28-/m0/s1. The highest BCUT2D eigenvalue weighted by Gasteiger charge is 2.31. The van der Waals surface area contributed by atoms with Crippen molar-refractivity contribution in [3.8, 4) is 16.9 Å². The Hall–Kier alpha value is -3.55. The van der Waals surface area contributed by atoms with Crippen LogP contribution in [0.1, 0.15) is 29.5 Å². The third kappa shape index (κ3) is 7.34. The van der Waals surface area contributed by atoms with Gasteiger partial charge in [0.1, 0.15) is 11.8 Å². The van der Waals surface area contributed by atoms with E-state index in [-0.39, 0.29) is 31.2 Å². The lowest BCUT2D eigenvalue weighted by Crippen LogP contribution is -2.50. The molecule has 2 amide bonds. The van der Waals surface area contributed by atoms with E-state index in [0.717, 1.165) is 28.0 Å². The molecular weight excluding hydrogens is 551 g/mol. The van der Waals surface area contributed by atoms with Crippen molar-refractivity contribution >= 4 is 41.0 Å². The van der Waals surface area contributed by atoms with Crippen LogP contribution in [0.15, 0.2) is 60.7 Å². The molecule has 0 saturated carbocycles. The highest BCUT2D eigenvalue weighted by molar-refractivity contribution is 6.36. The fraction of sp³-hybridized carbons (Fsp3) is 0.323. The van der Waals surface area contributed by atoms with Crippen molar-refractivity contribution in [3.63, 3.8) is 0 Å². The molecule has 1 aliphatic rings. The SMILES string of the molecule is COc1ccc(-c2ccc(C[C@H](NC(=O)C3CCCN(C(=O)Cc4c(Cl)cc(C)cc4Cl)C3)C(=O)O)cc2)cc1. The first kappa shape index (κ1) is 29.4. The number of hydrogen-bond acceptors (Lipinski definition) is 4. The molecule has 7 nitrogen and oxygen atoms in total. The molecule has 40 heavy (non-hydrogen) atoms. The number of carbonyl (C=O) groups excluding carboxylic acids is 2. The second-order valence-electron chi connectivity index (χ2n) is 10.1. The Morgan fingerprint density at radius 2 is 1.62 bits per heavy atom. The number of ether oxygens (including phenoxy) is 1. The quantitative estimate of drug-likeness (QED) is 0.344. The van der Waals surface area contributed by atoms with E-state index in [4.69, 9.17) is 27.9 Å². The molecule has 0 spiro atoms. The van der Waals surface area contributed by atoms with Crippen molar-refractivity contribution in [1.82, 2.24) is 10.2 Å². The molecule has 210 valence electrons. The lowest BCUT2D eigenvalue weighted by molar-refractivity contribution is -0.143. The molecule has 1 heterocycles. The van der Waals surface area contributed by atoms with Crippen LogP contribution in [0.5, 0.6) is 5.75 Å². The van der Waals surface area contributed by atoms with Crippen LogP contribution in [0, 0.1) is 12.8 Å². The molecule has 1 saturated heterocycles. The van der Waals surface area contributed by atoms with Crippen LogP contribution < -0.4 is 10.1 Å². The van der Waals surface area contributed by atoms with E-state index in [1.807, 2.05) is 55.5 Å². The molecule has 0 radical (unpaired) electrons. The minimum absolute atomic E-state index is 0.0383. The van der Waals surface area contributed by atoms with E-state index in [0.29, 0.717) is 35.0 Å². The molecule has 1 fully saturated rings. The zero-order chi connectivity index (χ0) is 28.8. The van der Waals surface area contributed by atoms with Crippen molar-refractivity contribution < 1.29 is 24.2 Å². The van der Waals surface area contributed by atoms with E-state index in [2.05, 4.69) is 5.32 Å². The Morgan fingerprint density at radius 1 is 1.02 bits per heavy atom. The van der Waals surface area contributed by atoms with E-state index in [9.17, 15) is 19.5 Å². The van der Waals surface area contributed by atoms with Gasteiger partial charge in [0.15, 0.2) is 0 Å². The number of aliphatic carboxylic acids is 1. The number of nitrogens with zero attached hydrogens (tertiary/aromatic N) is 1. The summed E-state index contributed by atoms with van der Waals surface area (Å²) in [6.45, 7) is 2.61. The number of piperidine rings is 1. The highest BCUT2D eigenvalue weighted by atomic mass is 35.5. The minimum atomic E-state index is -1.11. The summed E-state index contributed by atoms with van der Waals surface area (Å²) in [6.07, 6.45) is 1.40. The maximum absolute atomic E-state index is 13.1. The Labute approximate surface area is 244 Å². The summed E-state index contributed by atoms with van der Waals surface area (Å²) in [5, 5.41) is 13.4. The van der Waals surface area contributed by atoms with E-state index in [1.165, 1.54) is 0 Å². The first-order valence-corrected chi connectivity index (χ1v) is 13.9. The molecule has 3 aromatic rings. The first-order chi connectivity index (χ1) is 19.1. The number of aryl methyl sites for hydroxylation is 1. The van der Waals surface area contributed by atoms with Crippen LogP contribution in [0.2, 0.25) is 10.0 Å². The summed E-state index contributed by atoms with van der Waals surface area (Å²) >= 11 is 12.6. The van der Waals surface area contributed by atoms with Crippen LogP contribution >= 0.6 is 23.2 Å². The van der Waals surface area contributed by atoms with Crippen LogP contribution in [-0.4, -0.2) is 54.0 Å². The van der Waals surface area contributed by atoms with Gasteiger partial charge in [-0.3, -0.25) is 9.59 Å². The van der Waals surface area contributed by atoms with Crippen LogP contribution in [0.25, 0.3) is 11.1 Å². The molecule has 9 heteroatoms. The monoisotopic (exact) mass is 582 g/mol. The maximum atomic E-state index is 13.1. The molecule has 0 aromatic heterocycles. The molecule has 1 unspecified atom stereocenters. The largest absolute Gasteiger partial charge is 0.497 e. The number of carboxylic acids is 1. The number of methoxy groups -OCH3 is 1. The van der Waals surface area contributed by atoms with Gasteiger partial charge in [-0.1, -0.05) is 59.6 Å². The summed E-state index contributed by atoms with van der Waals surface area (Å²) < 4.78 is 5.20. The molecule has 1 aliphatic heterocycles. The topological polar surface area (TPSA) is 95.9 Å². The van der Waals surface area contributed by atoms with Crippen molar-refractivity contribution in [1.29, 1.82) is 0 Å². The zero-order valence-electron chi connectivity index (χ0n) is 22.5. The fourth-order valence-corrected chi connectivity index (χ4v) is 5.65. The zero-order valence-corrected chi connectivity index (χ0v) is 24.0. The van der Waals surface area contributed by atoms with Gasteiger partial charge in [0, 0.05) is 29.6 Å². The summed E-state index contributed by atoms with van der Waals surface area (Å²) in [4.78, 5) is 39.8. The number of nitrogens with one attached hydrogen (secondary N) is 1. The van der Waals surface area contributed by atoms with Gasteiger partial charge in [-0.15, -0.1) is 0 Å². The number of benzene rings is 3. The van der Waals surface area contributed by atoms with Gasteiger partial charge < -0.3 is 20.1 Å². The second kappa shape index (κ2) is 13.2.